The number of carbonyl (C=O) groups is 1. The van der Waals surface area contributed by atoms with Gasteiger partial charge in [-0.25, -0.2) is 4.98 Å². The molecular weight excluding hydrogens is 182 g/mol. The molecule has 0 amide bonds. The van der Waals surface area contributed by atoms with Gasteiger partial charge in [0.2, 0.25) is 5.88 Å². The number of pyridine rings is 1. The number of nitrogens with zero attached hydrogens (tertiary/aromatic N) is 1. The normalized spacial score (nSPS) is 9.29. The molecule has 0 saturated heterocycles. The Morgan fingerprint density at radius 1 is 1.50 bits per heavy atom. The van der Waals surface area contributed by atoms with Crippen LogP contribution in [0.4, 0.5) is 0 Å². The summed E-state index contributed by atoms with van der Waals surface area (Å²) in [6.45, 7) is 3.40. The third-order valence-electron chi connectivity index (χ3n) is 1.72. The van der Waals surface area contributed by atoms with Crippen molar-refractivity contribution in [1.29, 1.82) is 0 Å². The Labute approximate surface area is 82.2 Å². The molecule has 0 spiro atoms. The van der Waals surface area contributed by atoms with E-state index in [1.165, 1.54) is 26.5 Å². The molecule has 0 aliphatic rings. The molecule has 4 nitrogen and oxygen atoms in total. The minimum atomic E-state index is -0.271. The van der Waals surface area contributed by atoms with Gasteiger partial charge in [0, 0.05) is 6.20 Å². The number of rotatable bonds is 4. The van der Waals surface area contributed by atoms with Gasteiger partial charge >= 0.3 is 0 Å². The molecule has 0 aromatic carbocycles. The second-order valence-electron chi connectivity index (χ2n) is 2.47. The van der Waals surface area contributed by atoms with Crippen LogP contribution in [0.25, 0.3) is 0 Å². The predicted molar refractivity (Wildman–Crippen MR) is 51.9 cm³/mol. The van der Waals surface area contributed by atoms with Crippen LogP contribution in [0, 0.1) is 0 Å². The van der Waals surface area contributed by atoms with E-state index < -0.39 is 0 Å². The van der Waals surface area contributed by atoms with Crippen molar-refractivity contribution in [2.24, 2.45) is 0 Å². The first kappa shape index (κ1) is 10.2. The minimum absolute atomic E-state index is 0.245. The molecular formula is C10H11NO3. The maximum Gasteiger partial charge on any atom is 0.228 e. The predicted octanol–water partition coefficient (Wildman–Crippen LogP) is 1.47. The Morgan fingerprint density at radius 2 is 2.21 bits per heavy atom. The van der Waals surface area contributed by atoms with Crippen LogP contribution in [0.1, 0.15) is 10.4 Å². The van der Waals surface area contributed by atoms with E-state index in [9.17, 15) is 4.79 Å². The number of allylic oxidation sites excluding steroid dienone is 1. The van der Waals surface area contributed by atoms with Crippen LogP contribution in [0.15, 0.2) is 24.9 Å². The highest BCUT2D eigenvalue weighted by molar-refractivity contribution is 6.07. The zero-order valence-corrected chi connectivity index (χ0v) is 8.11. The summed E-state index contributed by atoms with van der Waals surface area (Å²) in [5, 5.41) is 0. The summed E-state index contributed by atoms with van der Waals surface area (Å²) in [6, 6.07) is 1.60. The van der Waals surface area contributed by atoms with Crippen molar-refractivity contribution in [2.45, 2.75) is 0 Å². The standard InChI is InChI=1S/C10H11NO3/c1-4-7(12)9-8(13-2)5-6-11-10(9)14-3/h4-6H,1H2,2-3H3. The van der Waals surface area contributed by atoms with Crippen LogP contribution in [0.5, 0.6) is 11.6 Å². The van der Waals surface area contributed by atoms with E-state index in [1.807, 2.05) is 0 Å². The maximum absolute atomic E-state index is 11.5. The van der Waals surface area contributed by atoms with Crippen molar-refractivity contribution in [3.8, 4) is 11.6 Å². The molecule has 0 aliphatic carbocycles. The van der Waals surface area contributed by atoms with Crippen LogP contribution >= 0.6 is 0 Å². The first-order valence-corrected chi connectivity index (χ1v) is 3.98. The number of methoxy groups -OCH3 is 2. The third-order valence-corrected chi connectivity index (χ3v) is 1.72. The molecule has 74 valence electrons. The van der Waals surface area contributed by atoms with Gasteiger partial charge in [0.1, 0.15) is 11.3 Å². The van der Waals surface area contributed by atoms with Gasteiger partial charge in [-0.1, -0.05) is 6.58 Å². The lowest BCUT2D eigenvalue weighted by atomic mass is 10.1. The lowest BCUT2D eigenvalue weighted by Gasteiger charge is -2.08. The van der Waals surface area contributed by atoms with Crippen molar-refractivity contribution in [2.75, 3.05) is 14.2 Å². The Bertz CT molecular complexity index is 338. The molecule has 0 aliphatic heterocycles. The summed E-state index contributed by atoms with van der Waals surface area (Å²) in [5.74, 6) is 0.405. The Hall–Kier alpha value is -1.84. The zero-order chi connectivity index (χ0) is 10.6. The van der Waals surface area contributed by atoms with Crippen molar-refractivity contribution < 1.29 is 14.3 Å². The highest BCUT2D eigenvalue weighted by Gasteiger charge is 2.16. The Balaban J connectivity index is 3.32. The molecule has 1 rings (SSSR count). The van der Waals surface area contributed by atoms with E-state index in [1.54, 1.807) is 6.07 Å². The van der Waals surface area contributed by atoms with Crippen LogP contribution in [-0.2, 0) is 0 Å². The van der Waals surface area contributed by atoms with Crippen molar-refractivity contribution >= 4 is 5.78 Å². The van der Waals surface area contributed by atoms with E-state index in [4.69, 9.17) is 9.47 Å². The van der Waals surface area contributed by atoms with Crippen molar-refractivity contribution in [3.05, 3.63) is 30.5 Å². The van der Waals surface area contributed by atoms with E-state index in [-0.39, 0.29) is 11.7 Å². The zero-order valence-electron chi connectivity index (χ0n) is 8.11. The highest BCUT2D eigenvalue weighted by atomic mass is 16.5. The van der Waals surface area contributed by atoms with Gasteiger partial charge in [-0.3, -0.25) is 4.79 Å². The fourth-order valence-corrected chi connectivity index (χ4v) is 1.08. The molecule has 0 fully saturated rings. The third kappa shape index (κ3) is 1.74. The fourth-order valence-electron chi connectivity index (χ4n) is 1.08. The minimum Gasteiger partial charge on any atom is -0.496 e. The average Bonchev–Trinajstić information content (AvgIpc) is 2.26. The second kappa shape index (κ2) is 4.41. The van der Waals surface area contributed by atoms with Gasteiger partial charge in [-0.05, 0) is 12.1 Å². The molecule has 14 heavy (non-hydrogen) atoms. The largest absolute Gasteiger partial charge is 0.496 e. The Morgan fingerprint density at radius 3 is 2.71 bits per heavy atom. The molecule has 0 atom stereocenters. The van der Waals surface area contributed by atoms with Crippen LogP contribution < -0.4 is 9.47 Å². The van der Waals surface area contributed by atoms with Crippen molar-refractivity contribution in [3.63, 3.8) is 0 Å². The molecule has 0 radical (unpaired) electrons. The molecule has 1 aromatic heterocycles. The number of ether oxygens (including phenoxy) is 2. The monoisotopic (exact) mass is 193 g/mol. The van der Waals surface area contributed by atoms with E-state index >= 15 is 0 Å². The average molecular weight is 193 g/mol. The molecule has 4 heteroatoms. The van der Waals surface area contributed by atoms with Gasteiger partial charge in [0.05, 0.1) is 14.2 Å². The quantitative estimate of drug-likeness (QED) is 0.536. The first-order valence-electron chi connectivity index (χ1n) is 3.98. The van der Waals surface area contributed by atoms with Gasteiger partial charge in [-0.15, -0.1) is 0 Å². The SMILES string of the molecule is C=CC(=O)c1c(OC)ccnc1OC. The van der Waals surface area contributed by atoms with Gasteiger partial charge in [-0.2, -0.15) is 0 Å². The molecule has 1 heterocycles. The van der Waals surface area contributed by atoms with Crippen molar-refractivity contribution in [1.82, 2.24) is 4.98 Å². The lowest BCUT2D eigenvalue weighted by Crippen LogP contribution is -2.03. The maximum atomic E-state index is 11.5. The first-order chi connectivity index (χ1) is 6.74. The lowest BCUT2D eigenvalue weighted by molar-refractivity contribution is 0.104. The van der Waals surface area contributed by atoms with E-state index in [2.05, 4.69) is 11.6 Å². The number of carbonyl (C=O) groups excluding carboxylic acids is 1. The van der Waals surface area contributed by atoms with E-state index in [0.717, 1.165) is 0 Å². The second-order valence-corrected chi connectivity index (χ2v) is 2.47. The molecule has 0 N–H and O–H groups in total. The van der Waals surface area contributed by atoms with E-state index in [0.29, 0.717) is 11.3 Å². The summed E-state index contributed by atoms with van der Waals surface area (Å²) in [4.78, 5) is 15.4. The van der Waals surface area contributed by atoms with Crippen LogP contribution in [0.3, 0.4) is 0 Å². The van der Waals surface area contributed by atoms with Gasteiger partial charge < -0.3 is 9.47 Å². The smallest absolute Gasteiger partial charge is 0.228 e. The molecule has 0 bridgehead atoms. The summed E-state index contributed by atoms with van der Waals surface area (Å²) < 4.78 is 9.97. The van der Waals surface area contributed by atoms with Crippen LogP contribution in [0.2, 0.25) is 0 Å². The van der Waals surface area contributed by atoms with Gasteiger partial charge in [0.25, 0.3) is 0 Å². The highest BCUT2D eigenvalue weighted by Crippen LogP contribution is 2.26. The number of hydrogen-bond acceptors (Lipinski definition) is 4. The Kier molecular flexibility index (Phi) is 3.23. The summed E-state index contributed by atoms with van der Waals surface area (Å²) >= 11 is 0. The molecule has 0 unspecified atom stereocenters. The van der Waals surface area contributed by atoms with Gasteiger partial charge in [0.15, 0.2) is 5.78 Å². The summed E-state index contributed by atoms with van der Waals surface area (Å²) in [7, 11) is 2.93. The van der Waals surface area contributed by atoms with Crippen LogP contribution in [-0.4, -0.2) is 25.0 Å². The molecule has 1 aromatic rings. The fraction of sp³-hybridized carbons (Fsp3) is 0.200. The topological polar surface area (TPSA) is 48.4 Å². The number of hydrogen-bond donors (Lipinski definition) is 0. The number of ketones is 1. The summed E-state index contributed by atoms with van der Waals surface area (Å²) in [6.07, 6.45) is 2.71. The molecule has 0 saturated carbocycles. The number of aromatic nitrogens is 1. The summed E-state index contributed by atoms with van der Waals surface area (Å²) in [5.41, 5.74) is 0.299.